The number of fused-ring (bicyclic) bond motifs is 1. The van der Waals surface area contributed by atoms with E-state index in [0.717, 1.165) is 42.5 Å². The number of nitrogens with one attached hydrogen (secondary N) is 1. The number of nitrogens with zero attached hydrogens (tertiary/aromatic N) is 1. The second kappa shape index (κ2) is 7.69. The highest BCUT2D eigenvalue weighted by Crippen LogP contribution is 2.24. The molecule has 134 valence electrons. The smallest absolute Gasteiger partial charge is 0.159 e. The average Bonchev–Trinajstić information content (AvgIpc) is 2.88. The summed E-state index contributed by atoms with van der Waals surface area (Å²) >= 11 is 0. The number of amidine groups is 1. The van der Waals surface area contributed by atoms with E-state index >= 15 is 0 Å². The van der Waals surface area contributed by atoms with E-state index in [1.807, 2.05) is 30.3 Å². The Balaban J connectivity index is 1.92. The van der Waals surface area contributed by atoms with Gasteiger partial charge in [0.05, 0.1) is 0 Å². The van der Waals surface area contributed by atoms with Crippen molar-refractivity contribution in [2.24, 2.45) is 0 Å². The molecule has 2 aromatic carbocycles. The van der Waals surface area contributed by atoms with Gasteiger partial charge >= 0.3 is 0 Å². The molecule has 0 aliphatic carbocycles. The van der Waals surface area contributed by atoms with E-state index < -0.39 is 0 Å². The van der Waals surface area contributed by atoms with Crippen molar-refractivity contribution < 1.29 is 4.79 Å². The molecular weight excluding hydrogens is 320 g/mol. The molecule has 0 amide bonds. The molecule has 0 radical (unpaired) electrons. The van der Waals surface area contributed by atoms with Gasteiger partial charge in [0.2, 0.25) is 0 Å². The van der Waals surface area contributed by atoms with E-state index in [-0.39, 0.29) is 5.78 Å². The van der Waals surface area contributed by atoms with Gasteiger partial charge in [0, 0.05) is 24.2 Å². The molecule has 1 aliphatic heterocycles. The molecule has 0 bridgehead atoms. The molecular formula is C23H26N2O. The lowest BCUT2D eigenvalue weighted by atomic mass is 9.97. The van der Waals surface area contributed by atoms with Crippen molar-refractivity contribution in [1.29, 1.82) is 5.41 Å². The number of carbonyl (C=O) groups is 1. The predicted octanol–water partition coefficient (Wildman–Crippen LogP) is 4.87. The van der Waals surface area contributed by atoms with Crippen molar-refractivity contribution in [1.82, 2.24) is 4.90 Å². The van der Waals surface area contributed by atoms with Gasteiger partial charge in [0.25, 0.3) is 0 Å². The highest BCUT2D eigenvalue weighted by molar-refractivity contribution is 5.98. The van der Waals surface area contributed by atoms with Crippen molar-refractivity contribution in [2.45, 2.75) is 39.7 Å². The van der Waals surface area contributed by atoms with E-state index in [1.165, 1.54) is 16.7 Å². The Bertz CT molecular complexity index is 867. The van der Waals surface area contributed by atoms with Crippen LogP contribution in [0.3, 0.4) is 0 Å². The quantitative estimate of drug-likeness (QED) is 0.488. The van der Waals surface area contributed by atoms with E-state index in [4.69, 9.17) is 5.41 Å². The number of hydrogen-bond acceptors (Lipinski definition) is 2. The van der Waals surface area contributed by atoms with Crippen molar-refractivity contribution in [3.8, 4) is 0 Å². The molecule has 0 atom stereocenters. The van der Waals surface area contributed by atoms with Gasteiger partial charge in [-0.05, 0) is 54.5 Å². The number of hydrogen-bond donors (Lipinski definition) is 1. The van der Waals surface area contributed by atoms with Crippen LogP contribution in [0.5, 0.6) is 0 Å². The number of aryl methyl sites for hydroxylation is 1. The summed E-state index contributed by atoms with van der Waals surface area (Å²) < 4.78 is 0. The van der Waals surface area contributed by atoms with Gasteiger partial charge in [0.15, 0.2) is 5.78 Å². The maximum absolute atomic E-state index is 11.7. The highest BCUT2D eigenvalue weighted by Gasteiger charge is 2.20. The largest absolute Gasteiger partial charge is 0.352 e. The summed E-state index contributed by atoms with van der Waals surface area (Å²) in [6.07, 6.45) is 4.69. The number of carbonyl (C=O) groups excluding carboxylic acids is 1. The Hall–Kier alpha value is -2.68. The van der Waals surface area contributed by atoms with Crippen LogP contribution in [0.15, 0.2) is 43.0 Å². The zero-order chi connectivity index (χ0) is 18.7. The minimum Gasteiger partial charge on any atom is -0.352 e. The van der Waals surface area contributed by atoms with Crippen LogP contribution in [0.25, 0.3) is 6.08 Å². The molecule has 1 aliphatic rings. The normalized spacial score (nSPS) is 13.7. The molecule has 1 N–H and O–H groups in total. The van der Waals surface area contributed by atoms with Gasteiger partial charge in [-0.2, -0.15) is 0 Å². The maximum atomic E-state index is 11.7. The van der Waals surface area contributed by atoms with Crippen molar-refractivity contribution in [3.63, 3.8) is 0 Å². The molecule has 0 aromatic heterocycles. The van der Waals surface area contributed by atoms with Gasteiger partial charge < -0.3 is 4.90 Å². The number of Topliss-reactive ketones (excluding diaryl/α,β-unsaturated/α-hetero) is 1. The number of rotatable bonds is 4. The molecule has 1 heterocycles. The molecule has 0 spiro atoms. The fourth-order valence-electron chi connectivity index (χ4n) is 3.75. The molecule has 0 saturated heterocycles. The summed E-state index contributed by atoms with van der Waals surface area (Å²) in [5.41, 5.74) is 6.52. The summed E-state index contributed by atoms with van der Waals surface area (Å²) in [6, 6.07) is 12.1. The molecule has 0 saturated carbocycles. The lowest BCUT2D eigenvalue weighted by Crippen LogP contribution is -2.31. The fraction of sp³-hybridized carbons (Fsp3) is 0.304. The van der Waals surface area contributed by atoms with E-state index in [1.54, 1.807) is 6.92 Å². The summed E-state index contributed by atoms with van der Waals surface area (Å²) in [6.45, 7) is 9.21. The van der Waals surface area contributed by atoms with Gasteiger partial charge in [-0.1, -0.05) is 49.9 Å². The van der Waals surface area contributed by atoms with E-state index in [0.29, 0.717) is 12.4 Å². The fourth-order valence-corrected chi connectivity index (χ4v) is 3.75. The molecule has 3 rings (SSSR count). The molecule has 3 heteroatoms. The van der Waals surface area contributed by atoms with Crippen molar-refractivity contribution in [2.75, 3.05) is 6.54 Å². The molecule has 0 unspecified atom stereocenters. The van der Waals surface area contributed by atoms with E-state index in [2.05, 4.69) is 30.5 Å². The minimum atomic E-state index is 0.107. The summed E-state index contributed by atoms with van der Waals surface area (Å²) in [5.74, 6) is 0.685. The Morgan fingerprint density at radius 2 is 2.08 bits per heavy atom. The van der Waals surface area contributed by atoms with Gasteiger partial charge in [-0.25, -0.2) is 0 Å². The van der Waals surface area contributed by atoms with Gasteiger partial charge in [-0.15, -0.1) is 0 Å². The van der Waals surface area contributed by atoms with Crippen molar-refractivity contribution >= 4 is 17.7 Å². The third-order valence-electron chi connectivity index (χ3n) is 5.21. The predicted molar refractivity (Wildman–Crippen MR) is 108 cm³/mol. The lowest BCUT2D eigenvalue weighted by Gasteiger charge is -2.25. The zero-order valence-electron chi connectivity index (χ0n) is 15.6. The number of benzene rings is 2. The number of ketones is 1. The molecule has 2 aromatic rings. The first kappa shape index (κ1) is 18.1. The van der Waals surface area contributed by atoms with Crippen LogP contribution in [0.4, 0.5) is 0 Å². The SMILES string of the molecule is C=Cc1cccc(C(=N)N2CCCc3cc(C(C)=O)ccc3C2)c1CC. The first-order valence-corrected chi connectivity index (χ1v) is 9.26. The maximum Gasteiger partial charge on any atom is 0.159 e. The second-order valence-corrected chi connectivity index (χ2v) is 6.84. The van der Waals surface area contributed by atoms with Gasteiger partial charge in [-0.3, -0.25) is 10.2 Å². The van der Waals surface area contributed by atoms with Crippen LogP contribution < -0.4 is 0 Å². The standard InChI is InChI=1S/C23H26N2O/c1-4-17-8-6-10-22(21(17)5-2)23(24)25-13-7-9-19-14-18(16(3)26)11-12-20(19)15-25/h4,6,8,10-12,14,24H,1,5,7,9,13,15H2,2-3H3. The zero-order valence-corrected chi connectivity index (χ0v) is 15.6. The topological polar surface area (TPSA) is 44.2 Å². The summed E-state index contributed by atoms with van der Waals surface area (Å²) in [4.78, 5) is 13.8. The average molecular weight is 346 g/mol. The molecule has 26 heavy (non-hydrogen) atoms. The monoisotopic (exact) mass is 346 g/mol. The Kier molecular flexibility index (Phi) is 5.36. The third kappa shape index (κ3) is 3.48. The lowest BCUT2D eigenvalue weighted by molar-refractivity contribution is 0.101. The first-order chi connectivity index (χ1) is 12.5. The second-order valence-electron chi connectivity index (χ2n) is 6.84. The summed E-state index contributed by atoms with van der Waals surface area (Å²) in [5, 5.41) is 8.83. The van der Waals surface area contributed by atoms with Crippen LogP contribution in [0.1, 0.15) is 58.4 Å². The highest BCUT2D eigenvalue weighted by atomic mass is 16.1. The van der Waals surface area contributed by atoms with Gasteiger partial charge in [0.1, 0.15) is 5.84 Å². The van der Waals surface area contributed by atoms with Crippen molar-refractivity contribution in [3.05, 3.63) is 76.4 Å². The van der Waals surface area contributed by atoms with E-state index in [9.17, 15) is 4.79 Å². The molecule has 0 fully saturated rings. The van der Waals surface area contributed by atoms with Crippen LogP contribution in [-0.4, -0.2) is 23.1 Å². The Morgan fingerprint density at radius 3 is 2.77 bits per heavy atom. The minimum absolute atomic E-state index is 0.107. The molecule has 3 nitrogen and oxygen atoms in total. The van der Waals surface area contributed by atoms with Crippen LogP contribution in [0, 0.1) is 5.41 Å². The third-order valence-corrected chi connectivity index (χ3v) is 5.21. The van der Waals surface area contributed by atoms with Crippen LogP contribution in [-0.2, 0) is 19.4 Å². The Morgan fingerprint density at radius 1 is 1.27 bits per heavy atom. The van der Waals surface area contributed by atoms with Crippen LogP contribution in [0.2, 0.25) is 0 Å². The first-order valence-electron chi connectivity index (χ1n) is 9.26. The summed E-state index contributed by atoms with van der Waals surface area (Å²) in [7, 11) is 0. The Labute approximate surface area is 155 Å². The van der Waals surface area contributed by atoms with Crippen LogP contribution >= 0.6 is 0 Å².